The first-order valence-electron chi connectivity index (χ1n) is 7.27. The van der Waals surface area contributed by atoms with Gasteiger partial charge in [0.1, 0.15) is 0 Å². The maximum absolute atomic E-state index is 12.0. The van der Waals surface area contributed by atoms with Crippen molar-refractivity contribution >= 4 is 30.7 Å². The molecule has 120 valence electrons. The monoisotopic (exact) mass is 325 g/mol. The van der Waals surface area contributed by atoms with Crippen molar-refractivity contribution in [2.24, 2.45) is 11.7 Å². The Morgan fingerprint density at radius 3 is 2.15 bits per heavy atom. The predicted molar refractivity (Wildman–Crippen MR) is 87.7 cm³/mol. The van der Waals surface area contributed by atoms with Gasteiger partial charge in [0, 0.05) is 18.1 Å². The number of carbonyl (C=O) groups is 1. The second-order valence-electron chi connectivity index (χ2n) is 6.35. The maximum atomic E-state index is 12.0. The van der Waals surface area contributed by atoms with Crippen molar-refractivity contribution in [3.8, 4) is 0 Å². The molecule has 2 aliphatic rings. The lowest BCUT2D eigenvalue weighted by atomic mass is 9.82. The van der Waals surface area contributed by atoms with E-state index in [2.05, 4.69) is 17.3 Å². The van der Waals surface area contributed by atoms with Crippen LogP contribution in [-0.2, 0) is 4.79 Å². The number of carbonyl (C=O) groups excluding carboxylic acids is 1. The van der Waals surface area contributed by atoms with Gasteiger partial charge < -0.3 is 16.0 Å². The minimum Gasteiger partial charge on any atom is -0.352 e. The molecule has 3 N–H and O–H groups in total. The van der Waals surface area contributed by atoms with Gasteiger partial charge in [-0.2, -0.15) is 0 Å². The largest absolute Gasteiger partial charge is 0.352 e. The van der Waals surface area contributed by atoms with Crippen LogP contribution in [-0.4, -0.2) is 42.0 Å². The maximum Gasteiger partial charge on any atom is 0.237 e. The summed E-state index contributed by atoms with van der Waals surface area (Å²) in [6.07, 6.45) is 6.06. The van der Waals surface area contributed by atoms with E-state index in [1.807, 2.05) is 13.8 Å². The number of nitrogens with two attached hydrogens (primary N) is 1. The minimum absolute atomic E-state index is 0. The molecule has 6 heteroatoms. The van der Waals surface area contributed by atoms with E-state index in [0.717, 1.165) is 12.8 Å². The highest BCUT2D eigenvalue weighted by molar-refractivity contribution is 5.85. The van der Waals surface area contributed by atoms with Crippen LogP contribution in [0.25, 0.3) is 0 Å². The Labute approximate surface area is 135 Å². The van der Waals surface area contributed by atoms with Gasteiger partial charge in [-0.1, -0.05) is 20.3 Å². The van der Waals surface area contributed by atoms with Crippen LogP contribution in [0.3, 0.4) is 0 Å². The summed E-state index contributed by atoms with van der Waals surface area (Å²) in [5, 5.41) is 3.16. The smallest absolute Gasteiger partial charge is 0.237 e. The number of hydrogen-bond acceptors (Lipinski definition) is 3. The summed E-state index contributed by atoms with van der Waals surface area (Å²) >= 11 is 0. The Kier molecular flexibility index (Phi) is 8.41. The topological polar surface area (TPSA) is 58.4 Å². The molecule has 2 fully saturated rings. The average molecular weight is 326 g/mol. The van der Waals surface area contributed by atoms with Gasteiger partial charge in [0.2, 0.25) is 5.91 Å². The van der Waals surface area contributed by atoms with Crippen molar-refractivity contribution in [1.82, 2.24) is 10.2 Å². The number of nitrogens with zero attached hydrogens (tertiary/aromatic N) is 1. The fourth-order valence-corrected chi connectivity index (χ4v) is 3.33. The van der Waals surface area contributed by atoms with Gasteiger partial charge in [-0.25, -0.2) is 0 Å². The summed E-state index contributed by atoms with van der Waals surface area (Å²) in [5.74, 6) is 0.230. The third-order valence-corrected chi connectivity index (χ3v) is 4.71. The molecule has 0 aromatic rings. The second-order valence-corrected chi connectivity index (χ2v) is 6.35. The van der Waals surface area contributed by atoms with Crippen LogP contribution < -0.4 is 11.1 Å². The van der Waals surface area contributed by atoms with E-state index < -0.39 is 0 Å². The number of amides is 1. The summed E-state index contributed by atoms with van der Waals surface area (Å²) in [4.78, 5) is 14.5. The molecule has 2 rings (SSSR count). The van der Waals surface area contributed by atoms with Gasteiger partial charge in [-0.15, -0.1) is 24.8 Å². The van der Waals surface area contributed by atoms with Crippen molar-refractivity contribution in [1.29, 1.82) is 0 Å². The quantitative estimate of drug-likeness (QED) is 0.833. The van der Waals surface area contributed by atoms with Crippen LogP contribution in [0.15, 0.2) is 0 Å². The van der Waals surface area contributed by atoms with E-state index in [1.54, 1.807) is 0 Å². The van der Waals surface area contributed by atoms with Gasteiger partial charge in [0.25, 0.3) is 0 Å². The molecule has 3 atom stereocenters. The predicted octanol–water partition coefficient (Wildman–Crippen LogP) is 1.94. The van der Waals surface area contributed by atoms with E-state index in [9.17, 15) is 4.79 Å². The number of nitrogens with one attached hydrogen (secondary N) is 1. The Morgan fingerprint density at radius 1 is 1.20 bits per heavy atom. The first-order chi connectivity index (χ1) is 8.49. The molecule has 20 heavy (non-hydrogen) atoms. The van der Waals surface area contributed by atoms with Crippen LogP contribution in [0, 0.1) is 5.92 Å². The molecule has 0 aromatic carbocycles. The third-order valence-electron chi connectivity index (χ3n) is 4.71. The first-order valence-corrected chi connectivity index (χ1v) is 7.27. The molecule has 2 heterocycles. The number of fused-ring (bicyclic) bond motifs is 2. The molecule has 4 nitrogen and oxygen atoms in total. The lowest BCUT2D eigenvalue weighted by Gasteiger charge is -2.47. The zero-order valence-corrected chi connectivity index (χ0v) is 14.3. The molecule has 2 aliphatic heterocycles. The normalized spacial score (nSPS) is 30.9. The van der Waals surface area contributed by atoms with E-state index in [-0.39, 0.29) is 42.7 Å². The van der Waals surface area contributed by atoms with Crippen molar-refractivity contribution in [2.75, 3.05) is 7.05 Å². The molecular formula is C14H29Cl2N3O. The Balaban J connectivity index is 0.00000180. The Morgan fingerprint density at radius 2 is 1.70 bits per heavy atom. The van der Waals surface area contributed by atoms with Crippen LogP contribution in [0.4, 0.5) is 0 Å². The molecule has 1 amide bonds. The molecule has 0 radical (unpaired) electrons. The zero-order valence-electron chi connectivity index (χ0n) is 12.7. The summed E-state index contributed by atoms with van der Waals surface area (Å²) in [7, 11) is 2.23. The first kappa shape index (κ1) is 20.0. The lowest BCUT2D eigenvalue weighted by molar-refractivity contribution is -0.124. The van der Waals surface area contributed by atoms with Crippen LogP contribution in [0.5, 0.6) is 0 Å². The van der Waals surface area contributed by atoms with Gasteiger partial charge in [-0.05, 0) is 38.6 Å². The highest BCUT2D eigenvalue weighted by Crippen LogP contribution is 2.32. The molecule has 0 saturated carbocycles. The van der Waals surface area contributed by atoms with Crippen LogP contribution >= 0.6 is 24.8 Å². The van der Waals surface area contributed by atoms with Crippen LogP contribution in [0.1, 0.15) is 46.0 Å². The minimum atomic E-state index is -0.371. The van der Waals surface area contributed by atoms with Crippen molar-refractivity contribution < 1.29 is 4.79 Å². The highest BCUT2D eigenvalue weighted by Gasteiger charge is 2.36. The van der Waals surface area contributed by atoms with Crippen molar-refractivity contribution in [3.63, 3.8) is 0 Å². The standard InChI is InChI=1S/C14H27N3O.2ClH/c1-9(2)13(15)14(18)16-10-7-11-5-4-6-12(8-10)17(11)3;;/h9-13H,4-8,15H2,1-3H3,(H,16,18);2*1H/t10?,11?,12?,13-;;/m1../s1. The van der Waals surface area contributed by atoms with E-state index in [4.69, 9.17) is 5.73 Å². The zero-order chi connectivity index (χ0) is 13.3. The molecule has 0 spiro atoms. The molecule has 2 saturated heterocycles. The Hall–Kier alpha value is -0.0300. The summed E-state index contributed by atoms with van der Waals surface area (Å²) in [6.45, 7) is 3.99. The molecular weight excluding hydrogens is 297 g/mol. The molecule has 2 bridgehead atoms. The number of rotatable bonds is 3. The fourth-order valence-electron chi connectivity index (χ4n) is 3.33. The number of piperidine rings is 2. The fraction of sp³-hybridized carbons (Fsp3) is 0.929. The van der Waals surface area contributed by atoms with Gasteiger partial charge in [0.15, 0.2) is 0 Å². The molecule has 2 unspecified atom stereocenters. The molecule has 0 aromatic heterocycles. The van der Waals surface area contributed by atoms with Crippen molar-refractivity contribution in [2.45, 2.75) is 70.1 Å². The van der Waals surface area contributed by atoms with E-state index in [0.29, 0.717) is 18.1 Å². The molecule has 0 aliphatic carbocycles. The summed E-state index contributed by atoms with van der Waals surface area (Å²) < 4.78 is 0. The van der Waals surface area contributed by atoms with E-state index in [1.165, 1.54) is 19.3 Å². The van der Waals surface area contributed by atoms with Crippen molar-refractivity contribution in [3.05, 3.63) is 0 Å². The van der Waals surface area contributed by atoms with E-state index >= 15 is 0 Å². The van der Waals surface area contributed by atoms with Gasteiger partial charge in [-0.3, -0.25) is 4.79 Å². The average Bonchev–Trinajstić information content (AvgIpc) is 2.29. The summed E-state index contributed by atoms with van der Waals surface area (Å²) in [5.41, 5.74) is 5.90. The van der Waals surface area contributed by atoms with Gasteiger partial charge in [0.05, 0.1) is 6.04 Å². The number of hydrogen-bond donors (Lipinski definition) is 2. The third kappa shape index (κ3) is 4.48. The number of halogens is 2. The van der Waals surface area contributed by atoms with Crippen LogP contribution in [0.2, 0.25) is 0 Å². The summed E-state index contributed by atoms with van der Waals surface area (Å²) in [6, 6.07) is 1.26. The second kappa shape index (κ2) is 8.42. The lowest BCUT2D eigenvalue weighted by Crippen LogP contribution is -2.57. The Bertz CT molecular complexity index is 301. The van der Waals surface area contributed by atoms with Gasteiger partial charge >= 0.3 is 0 Å². The highest BCUT2D eigenvalue weighted by atomic mass is 35.5. The SMILES string of the molecule is CC(C)[C@@H](N)C(=O)NC1CC2CCCC(C1)N2C.Cl.Cl.